The summed E-state index contributed by atoms with van der Waals surface area (Å²) in [5.74, 6) is 0.997. The van der Waals surface area contributed by atoms with Crippen LogP contribution in [0.25, 0.3) is 10.2 Å². The first-order valence-electron chi connectivity index (χ1n) is 8.20. The summed E-state index contributed by atoms with van der Waals surface area (Å²) < 4.78 is 7.31. The van der Waals surface area contributed by atoms with Gasteiger partial charge in [0.05, 0.1) is 17.7 Å². The van der Waals surface area contributed by atoms with Gasteiger partial charge >= 0.3 is 0 Å². The van der Waals surface area contributed by atoms with Gasteiger partial charge in [0.15, 0.2) is 5.16 Å². The first-order valence-corrected chi connectivity index (χ1v) is 10.1. The van der Waals surface area contributed by atoms with Crippen LogP contribution >= 0.6 is 23.1 Å². The molecule has 3 heterocycles. The Morgan fingerprint density at radius 1 is 1.42 bits per heavy atom. The molecule has 1 aliphatic heterocycles. The molecule has 0 aliphatic carbocycles. The maximum Gasteiger partial charge on any atom is 0.262 e. The third-order valence-electron chi connectivity index (χ3n) is 4.24. The summed E-state index contributed by atoms with van der Waals surface area (Å²) in [5.41, 5.74) is 1.08. The maximum absolute atomic E-state index is 12.3. The molecule has 0 bridgehead atoms. The standard InChI is InChI=1S/C18H17N3O3S2/c1-21-17(23)13-6-7-25-16(13)20-18(21)26-10-15(22)19-9-12-8-11-4-2-3-5-14(11)24-12/h2-7,12H,8-10H2,1H3,(H,19,22). The van der Waals surface area contributed by atoms with Gasteiger partial charge in [-0.3, -0.25) is 14.2 Å². The number of fused-ring (bicyclic) bond motifs is 2. The zero-order valence-electron chi connectivity index (χ0n) is 14.1. The predicted octanol–water partition coefficient (Wildman–Crippen LogP) is 2.21. The van der Waals surface area contributed by atoms with E-state index in [1.54, 1.807) is 13.1 Å². The van der Waals surface area contributed by atoms with Crippen LogP contribution in [0.2, 0.25) is 0 Å². The van der Waals surface area contributed by atoms with Crippen molar-refractivity contribution in [3.8, 4) is 5.75 Å². The van der Waals surface area contributed by atoms with E-state index in [2.05, 4.69) is 10.3 Å². The van der Waals surface area contributed by atoms with E-state index in [0.29, 0.717) is 21.9 Å². The molecule has 0 fully saturated rings. The second kappa shape index (κ2) is 7.13. The lowest BCUT2D eigenvalue weighted by molar-refractivity contribution is -0.118. The van der Waals surface area contributed by atoms with E-state index >= 15 is 0 Å². The van der Waals surface area contributed by atoms with Gasteiger partial charge in [-0.05, 0) is 23.1 Å². The largest absolute Gasteiger partial charge is 0.488 e. The molecule has 3 aromatic rings. The number of ether oxygens (including phenoxy) is 1. The van der Waals surface area contributed by atoms with Crippen LogP contribution in [0.3, 0.4) is 0 Å². The van der Waals surface area contributed by atoms with Crippen LogP contribution in [0, 0.1) is 0 Å². The summed E-state index contributed by atoms with van der Waals surface area (Å²) in [6.45, 7) is 0.463. The van der Waals surface area contributed by atoms with Crippen molar-refractivity contribution < 1.29 is 9.53 Å². The summed E-state index contributed by atoms with van der Waals surface area (Å²) in [6.07, 6.45) is 0.764. The van der Waals surface area contributed by atoms with Gasteiger partial charge in [-0.25, -0.2) is 4.98 Å². The highest BCUT2D eigenvalue weighted by Crippen LogP contribution is 2.27. The number of carbonyl (C=O) groups excluding carboxylic acids is 1. The summed E-state index contributed by atoms with van der Waals surface area (Å²) in [4.78, 5) is 29.6. The molecule has 1 atom stereocenters. The zero-order valence-corrected chi connectivity index (χ0v) is 15.7. The molecule has 0 saturated heterocycles. The van der Waals surface area contributed by atoms with E-state index < -0.39 is 0 Å². The van der Waals surface area contributed by atoms with Crippen LogP contribution in [-0.4, -0.2) is 33.9 Å². The van der Waals surface area contributed by atoms with Crippen molar-refractivity contribution in [1.82, 2.24) is 14.9 Å². The average Bonchev–Trinajstić information content (AvgIpc) is 3.28. The molecule has 0 radical (unpaired) electrons. The number of nitrogens with one attached hydrogen (secondary N) is 1. The molecule has 1 aliphatic rings. The highest BCUT2D eigenvalue weighted by Gasteiger charge is 2.22. The van der Waals surface area contributed by atoms with Gasteiger partial charge in [0.2, 0.25) is 5.91 Å². The molecule has 134 valence electrons. The Balaban J connectivity index is 1.32. The second-order valence-corrected chi connectivity index (χ2v) is 7.88. The highest BCUT2D eigenvalue weighted by molar-refractivity contribution is 7.99. The molecule has 4 rings (SSSR count). The van der Waals surface area contributed by atoms with Crippen molar-refractivity contribution in [1.29, 1.82) is 0 Å². The Kier molecular flexibility index (Phi) is 4.69. The number of para-hydroxylation sites is 1. The minimum Gasteiger partial charge on any atom is -0.488 e. The van der Waals surface area contributed by atoms with Crippen molar-refractivity contribution in [3.05, 3.63) is 51.6 Å². The third-order valence-corrected chi connectivity index (χ3v) is 6.07. The van der Waals surface area contributed by atoms with Crippen LogP contribution in [0.15, 0.2) is 45.7 Å². The molecule has 0 saturated carbocycles. The van der Waals surface area contributed by atoms with E-state index in [-0.39, 0.29) is 23.3 Å². The number of thioether (sulfide) groups is 1. The average molecular weight is 387 g/mol. The molecule has 0 spiro atoms. The number of thiophene rings is 1. The number of nitrogens with zero attached hydrogens (tertiary/aromatic N) is 2. The summed E-state index contributed by atoms with van der Waals surface area (Å²) in [6, 6.07) is 9.69. The summed E-state index contributed by atoms with van der Waals surface area (Å²) >= 11 is 2.69. The maximum atomic E-state index is 12.3. The van der Waals surface area contributed by atoms with Crippen LogP contribution in [0.4, 0.5) is 0 Å². The Labute approximate surface area is 158 Å². The fourth-order valence-corrected chi connectivity index (χ4v) is 4.49. The topological polar surface area (TPSA) is 73.2 Å². The lowest BCUT2D eigenvalue weighted by Gasteiger charge is -2.12. The Morgan fingerprint density at radius 2 is 2.27 bits per heavy atom. The van der Waals surface area contributed by atoms with Crippen LogP contribution in [0.5, 0.6) is 5.75 Å². The van der Waals surface area contributed by atoms with Gasteiger partial charge in [0.1, 0.15) is 16.7 Å². The molecular weight excluding hydrogens is 370 g/mol. The van der Waals surface area contributed by atoms with E-state index in [1.807, 2.05) is 29.6 Å². The Morgan fingerprint density at radius 3 is 3.12 bits per heavy atom. The molecule has 1 aromatic carbocycles. The summed E-state index contributed by atoms with van der Waals surface area (Å²) in [7, 11) is 1.68. The number of amides is 1. The predicted molar refractivity (Wildman–Crippen MR) is 103 cm³/mol. The SMILES string of the molecule is Cn1c(SCC(=O)NCC2Cc3ccccc3O2)nc2sccc2c1=O. The van der Waals surface area contributed by atoms with Gasteiger partial charge < -0.3 is 10.1 Å². The van der Waals surface area contributed by atoms with Crippen molar-refractivity contribution >= 4 is 39.2 Å². The molecule has 8 heteroatoms. The quantitative estimate of drug-likeness (QED) is 0.537. The van der Waals surface area contributed by atoms with Crippen LogP contribution < -0.4 is 15.6 Å². The highest BCUT2D eigenvalue weighted by atomic mass is 32.2. The van der Waals surface area contributed by atoms with Gasteiger partial charge in [-0.15, -0.1) is 11.3 Å². The number of carbonyl (C=O) groups is 1. The first-order chi connectivity index (χ1) is 12.6. The van der Waals surface area contributed by atoms with Crippen molar-refractivity contribution in [2.24, 2.45) is 7.05 Å². The molecule has 1 N–H and O–H groups in total. The number of hydrogen-bond acceptors (Lipinski definition) is 6. The van der Waals surface area contributed by atoms with E-state index in [9.17, 15) is 9.59 Å². The van der Waals surface area contributed by atoms with E-state index in [4.69, 9.17) is 4.74 Å². The van der Waals surface area contributed by atoms with Gasteiger partial charge in [-0.1, -0.05) is 30.0 Å². The molecule has 26 heavy (non-hydrogen) atoms. The minimum atomic E-state index is -0.102. The third kappa shape index (κ3) is 3.34. The fraction of sp³-hybridized carbons (Fsp3) is 0.278. The second-order valence-electron chi connectivity index (χ2n) is 6.04. The van der Waals surface area contributed by atoms with E-state index in [1.165, 1.54) is 33.2 Å². The smallest absolute Gasteiger partial charge is 0.262 e. The fourth-order valence-electron chi connectivity index (χ4n) is 2.89. The lowest BCUT2D eigenvalue weighted by Crippen LogP contribution is -2.35. The Hall–Kier alpha value is -2.32. The molecule has 6 nitrogen and oxygen atoms in total. The Bertz CT molecular complexity index is 1000. The monoisotopic (exact) mass is 387 g/mol. The number of hydrogen-bond donors (Lipinski definition) is 1. The van der Waals surface area contributed by atoms with Gasteiger partial charge in [-0.2, -0.15) is 0 Å². The number of aromatic nitrogens is 2. The van der Waals surface area contributed by atoms with Crippen LogP contribution in [-0.2, 0) is 18.3 Å². The molecule has 1 amide bonds. The van der Waals surface area contributed by atoms with Crippen LogP contribution in [0.1, 0.15) is 5.56 Å². The first kappa shape index (κ1) is 17.1. The van der Waals surface area contributed by atoms with Gasteiger partial charge in [0, 0.05) is 13.5 Å². The van der Waals surface area contributed by atoms with Crippen molar-refractivity contribution in [2.75, 3.05) is 12.3 Å². The number of benzene rings is 1. The van der Waals surface area contributed by atoms with Gasteiger partial charge in [0.25, 0.3) is 5.56 Å². The van der Waals surface area contributed by atoms with Crippen molar-refractivity contribution in [3.63, 3.8) is 0 Å². The normalized spacial score (nSPS) is 15.7. The molecular formula is C18H17N3O3S2. The number of rotatable bonds is 5. The minimum absolute atomic E-state index is 0.0358. The molecule has 2 aromatic heterocycles. The lowest BCUT2D eigenvalue weighted by atomic mass is 10.1. The molecule has 1 unspecified atom stereocenters. The summed E-state index contributed by atoms with van der Waals surface area (Å²) in [5, 5.41) is 5.91. The van der Waals surface area contributed by atoms with Crippen molar-refractivity contribution in [2.45, 2.75) is 17.7 Å². The zero-order chi connectivity index (χ0) is 18.1. The van der Waals surface area contributed by atoms with E-state index in [0.717, 1.165) is 12.2 Å².